The third-order valence-electron chi connectivity index (χ3n) is 4.92. The van der Waals surface area contributed by atoms with Gasteiger partial charge >= 0.3 is 0 Å². The van der Waals surface area contributed by atoms with Crippen LogP contribution in [0.25, 0.3) is 0 Å². The normalized spacial score (nSPS) is 25.2. The first-order valence-electron chi connectivity index (χ1n) is 8.22. The Morgan fingerprint density at radius 3 is 3.00 bits per heavy atom. The Labute approximate surface area is 140 Å². The van der Waals surface area contributed by atoms with Crippen LogP contribution >= 0.6 is 11.8 Å². The molecule has 2 aliphatic heterocycles. The van der Waals surface area contributed by atoms with Crippen molar-refractivity contribution in [2.45, 2.75) is 30.1 Å². The fourth-order valence-electron chi connectivity index (χ4n) is 3.38. The van der Waals surface area contributed by atoms with E-state index in [1.165, 1.54) is 12.8 Å². The number of carbonyl (C=O) groups excluding carboxylic acids is 1. The average Bonchev–Trinajstić information content (AvgIpc) is 3.28. The van der Waals surface area contributed by atoms with Crippen LogP contribution in [0.15, 0.2) is 24.3 Å². The minimum atomic E-state index is 0.0377. The number of hydrogen-bond acceptors (Lipinski definition) is 4. The van der Waals surface area contributed by atoms with Crippen molar-refractivity contribution in [3.8, 4) is 6.07 Å². The molecule has 1 unspecified atom stereocenters. The topological polar surface area (TPSA) is 53.3 Å². The van der Waals surface area contributed by atoms with E-state index in [-0.39, 0.29) is 10.7 Å². The predicted molar refractivity (Wildman–Crippen MR) is 89.3 cm³/mol. The van der Waals surface area contributed by atoms with E-state index in [0.29, 0.717) is 17.2 Å². The summed E-state index contributed by atoms with van der Waals surface area (Å²) >= 11 is 1.96. The summed E-state index contributed by atoms with van der Waals surface area (Å²) in [5.74, 6) is 1.90. The number of likely N-dealkylation sites (tertiary alicyclic amines) is 1. The lowest BCUT2D eigenvalue weighted by Gasteiger charge is -2.47. The van der Waals surface area contributed by atoms with Crippen LogP contribution in [0.1, 0.15) is 35.2 Å². The molecular formula is C18H20N2O2S. The maximum Gasteiger partial charge on any atom is 0.253 e. The Hall–Kier alpha value is -1.51. The molecule has 2 heterocycles. The summed E-state index contributed by atoms with van der Waals surface area (Å²) in [6.45, 7) is 2.53. The van der Waals surface area contributed by atoms with Crippen LogP contribution in [0.3, 0.4) is 0 Å². The van der Waals surface area contributed by atoms with Gasteiger partial charge in [-0.25, -0.2) is 0 Å². The van der Waals surface area contributed by atoms with E-state index >= 15 is 0 Å². The first-order valence-corrected chi connectivity index (χ1v) is 9.21. The van der Waals surface area contributed by atoms with E-state index in [4.69, 9.17) is 10.00 Å². The first-order chi connectivity index (χ1) is 11.2. The molecule has 1 amide bonds. The summed E-state index contributed by atoms with van der Waals surface area (Å²) in [7, 11) is 0. The monoisotopic (exact) mass is 328 g/mol. The van der Waals surface area contributed by atoms with Gasteiger partial charge < -0.3 is 9.64 Å². The number of benzene rings is 1. The zero-order chi connectivity index (χ0) is 15.9. The van der Waals surface area contributed by atoms with Crippen LogP contribution in [-0.4, -0.2) is 47.1 Å². The number of nitrogens with zero attached hydrogens (tertiary/aromatic N) is 2. The van der Waals surface area contributed by atoms with Gasteiger partial charge in [0.25, 0.3) is 5.91 Å². The van der Waals surface area contributed by atoms with Gasteiger partial charge in [0.1, 0.15) is 0 Å². The van der Waals surface area contributed by atoms with Crippen molar-refractivity contribution in [1.82, 2.24) is 4.90 Å². The second-order valence-corrected chi connectivity index (χ2v) is 8.44. The molecule has 1 aliphatic carbocycles. The second-order valence-electron chi connectivity index (χ2n) is 6.95. The minimum Gasteiger partial charge on any atom is -0.377 e. The van der Waals surface area contributed by atoms with Crippen LogP contribution < -0.4 is 0 Å². The van der Waals surface area contributed by atoms with Crippen LogP contribution in [0.5, 0.6) is 0 Å². The standard InChI is InChI=1S/C18H20N2O2S/c19-8-14-2-1-3-15(6-14)17(21)20-11-18(12-20)7-16(10-23-18)22-9-13-4-5-13/h1-3,6,13,16H,4-5,7,9-12H2. The largest absolute Gasteiger partial charge is 0.377 e. The maximum atomic E-state index is 12.5. The van der Waals surface area contributed by atoms with Crippen molar-refractivity contribution in [2.24, 2.45) is 5.92 Å². The van der Waals surface area contributed by atoms with Crippen molar-refractivity contribution in [3.63, 3.8) is 0 Å². The molecule has 1 aromatic rings. The van der Waals surface area contributed by atoms with Gasteiger partial charge in [0.15, 0.2) is 0 Å². The molecule has 1 saturated carbocycles. The van der Waals surface area contributed by atoms with Crippen LogP contribution in [0.2, 0.25) is 0 Å². The Bertz CT molecular complexity index is 659. The van der Waals surface area contributed by atoms with Crippen molar-refractivity contribution in [3.05, 3.63) is 35.4 Å². The molecule has 3 aliphatic rings. The summed E-state index contributed by atoms with van der Waals surface area (Å²) in [4.78, 5) is 14.4. The quantitative estimate of drug-likeness (QED) is 0.853. The smallest absolute Gasteiger partial charge is 0.253 e. The van der Waals surface area contributed by atoms with Crippen LogP contribution in [-0.2, 0) is 4.74 Å². The number of amides is 1. The van der Waals surface area contributed by atoms with Gasteiger partial charge in [-0.3, -0.25) is 4.79 Å². The number of carbonyl (C=O) groups is 1. The molecule has 0 radical (unpaired) electrons. The highest BCUT2D eigenvalue weighted by Gasteiger charge is 2.51. The van der Waals surface area contributed by atoms with Gasteiger partial charge in [0.2, 0.25) is 0 Å². The second kappa shape index (κ2) is 5.85. The van der Waals surface area contributed by atoms with Crippen molar-refractivity contribution < 1.29 is 9.53 Å². The first kappa shape index (κ1) is 15.0. The molecule has 2 saturated heterocycles. The van der Waals surface area contributed by atoms with Crippen molar-refractivity contribution in [1.29, 1.82) is 5.26 Å². The summed E-state index contributed by atoms with van der Waals surface area (Å²) in [6, 6.07) is 9.05. The van der Waals surface area contributed by atoms with E-state index in [0.717, 1.165) is 37.8 Å². The summed E-state index contributed by atoms with van der Waals surface area (Å²) in [5, 5.41) is 8.95. The zero-order valence-electron chi connectivity index (χ0n) is 13.0. The van der Waals surface area contributed by atoms with Crippen molar-refractivity contribution >= 4 is 17.7 Å². The van der Waals surface area contributed by atoms with Gasteiger partial charge in [0.05, 0.1) is 22.5 Å². The summed E-state index contributed by atoms with van der Waals surface area (Å²) in [6.07, 6.45) is 4.08. The van der Waals surface area contributed by atoms with Crippen LogP contribution in [0.4, 0.5) is 0 Å². The molecule has 1 spiro atoms. The zero-order valence-corrected chi connectivity index (χ0v) is 13.8. The molecular weight excluding hydrogens is 308 g/mol. The molecule has 120 valence electrons. The molecule has 4 nitrogen and oxygen atoms in total. The van der Waals surface area contributed by atoms with E-state index in [2.05, 4.69) is 6.07 Å². The number of nitriles is 1. The SMILES string of the molecule is N#Cc1cccc(C(=O)N2CC3(CC(OCC4CC4)CS3)C2)c1. The third-order valence-corrected chi connectivity index (χ3v) is 6.50. The fourth-order valence-corrected chi connectivity index (χ4v) is 4.94. The Morgan fingerprint density at radius 1 is 1.43 bits per heavy atom. The lowest BCUT2D eigenvalue weighted by Crippen LogP contribution is -2.60. The summed E-state index contributed by atoms with van der Waals surface area (Å²) < 4.78 is 6.21. The maximum absolute atomic E-state index is 12.5. The number of hydrogen-bond donors (Lipinski definition) is 0. The van der Waals surface area contributed by atoms with Gasteiger partial charge in [-0.2, -0.15) is 5.26 Å². The molecule has 0 N–H and O–H groups in total. The highest BCUT2D eigenvalue weighted by atomic mass is 32.2. The number of thioether (sulfide) groups is 1. The van der Waals surface area contributed by atoms with Gasteiger partial charge in [-0.15, -0.1) is 11.8 Å². The molecule has 0 bridgehead atoms. The number of ether oxygens (including phenoxy) is 1. The molecule has 0 aromatic heterocycles. The average molecular weight is 328 g/mol. The lowest BCUT2D eigenvalue weighted by atomic mass is 9.92. The third kappa shape index (κ3) is 3.11. The molecule has 3 fully saturated rings. The van der Waals surface area contributed by atoms with E-state index in [9.17, 15) is 4.79 Å². The molecule has 5 heteroatoms. The Balaban J connectivity index is 1.32. The van der Waals surface area contributed by atoms with Crippen LogP contribution in [0, 0.1) is 17.2 Å². The minimum absolute atomic E-state index is 0.0377. The molecule has 1 aromatic carbocycles. The fraction of sp³-hybridized carbons (Fsp3) is 0.556. The molecule has 23 heavy (non-hydrogen) atoms. The lowest BCUT2D eigenvalue weighted by molar-refractivity contribution is 0.0287. The van der Waals surface area contributed by atoms with Gasteiger partial charge in [-0.05, 0) is 43.4 Å². The summed E-state index contributed by atoms with van der Waals surface area (Å²) in [5.41, 5.74) is 1.15. The Kier molecular flexibility index (Phi) is 3.82. The van der Waals surface area contributed by atoms with E-state index in [1.54, 1.807) is 24.3 Å². The molecule has 4 rings (SSSR count). The van der Waals surface area contributed by atoms with E-state index in [1.807, 2.05) is 16.7 Å². The van der Waals surface area contributed by atoms with Gasteiger partial charge in [0, 0.05) is 31.0 Å². The highest BCUT2D eigenvalue weighted by Crippen LogP contribution is 2.46. The Morgan fingerprint density at radius 2 is 2.26 bits per heavy atom. The predicted octanol–water partition coefficient (Wildman–Crippen LogP) is 2.68. The van der Waals surface area contributed by atoms with Crippen molar-refractivity contribution in [2.75, 3.05) is 25.4 Å². The van der Waals surface area contributed by atoms with E-state index < -0.39 is 0 Å². The van der Waals surface area contributed by atoms with Gasteiger partial charge in [-0.1, -0.05) is 6.07 Å². The number of rotatable bonds is 4. The molecule has 1 atom stereocenters. The highest BCUT2D eigenvalue weighted by molar-refractivity contribution is 8.01.